The Morgan fingerprint density at radius 3 is 2.67 bits per heavy atom. The molecule has 1 fully saturated rings. The van der Waals surface area contributed by atoms with E-state index in [0.717, 1.165) is 12.8 Å². The van der Waals surface area contributed by atoms with Gasteiger partial charge in [-0.15, -0.1) is 0 Å². The van der Waals surface area contributed by atoms with E-state index in [4.69, 9.17) is 5.73 Å². The standard InChI is InChI=1S/C14H20N2O4S/c1-3-11-6-4-9(2)16(11)21(19,20)13-7-5-10(15)8-12(13)14(17)18/h5,7-9,11H,3-4,6,15H2,1-2H3,(H,17,18). The number of carboxylic acid groups (broad SMARTS) is 1. The van der Waals surface area contributed by atoms with E-state index in [1.165, 1.54) is 22.5 Å². The van der Waals surface area contributed by atoms with Crippen molar-refractivity contribution in [3.8, 4) is 0 Å². The number of nitrogens with two attached hydrogens (primary N) is 1. The summed E-state index contributed by atoms with van der Waals surface area (Å²) in [4.78, 5) is 11.1. The molecule has 1 heterocycles. The highest BCUT2D eigenvalue weighted by atomic mass is 32.2. The summed E-state index contributed by atoms with van der Waals surface area (Å²) in [5.74, 6) is -1.29. The minimum absolute atomic E-state index is 0.0794. The largest absolute Gasteiger partial charge is 0.478 e. The van der Waals surface area contributed by atoms with Gasteiger partial charge in [0.25, 0.3) is 0 Å². The summed E-state index contributed by atoms with van der Waals surface area (Å²) < 4.78 is 27.2. The van der Waals surface area contributed by atoms with E-state index in [1.54, 1.807) is 0 Å². The lowest BCUT2D eigenvalue weighted by atomic mass is 10.2. The molecule has 2 atom stereocenters. The summed E-state index contributed by atoms with van der Waals surface area (Å²) in [6.07, 6.45) is 2.30. The molecule has 1 aromatic carbocycles. The first-order valence-corrected chi connectivity index (χ1v) is 8.39. The molecule has 21 heavy (non-hydrogen) atoms. The van der Waals surface area contributed by atoms with Gasteiger partial charge in [0.1, 0.15) is 0 Å². The van der Waals surface area contributed by atoms with Crippen LogP contribution in [0.25, 0.3) is 0 Å². The van der Waals surface area contributed by atoms with Gasteiger partial charge in [-0.25, -0.2) is 13.2 Å². The van der Waals surface area contributed by atoms with Gasteiger partial charge in [0.15, 0.2) is 0 Å². The van der Waals surface area contributed by atoms with Crippen molar-refractivity contribution in [3.05, 3.63) is 23.8 Å². The van der Waals surface area contributed by atoms with Crippen molar-refractivity contribution >= 4 is 21.7 Å². The van der Waals surface area contributed by atoms with Crippen molar-refractivity contribution in [2.24, 2.45) is 0 Å². The van der Waals surface area contributed by atoms with Crippen LogP contribution in [-0.4, -0.2) is 35.9 Å². The first-order chi connectivity index (χ1) is 9.78. The second-order valence-corrected chi connectivity index (χ2v) is 7.20. The van der Waals surface area contributed by atoms with Crippen molar-refractivity contribution < 1.29 is 18.3 Å². The molecule has 0 aromatic heterocycles. The molecule has 2 rings (SSSR count). The number of carboxylic acids is 1. The van der Waals surface area contributed by atoms with Crippen molar-refractivity contribution in [2.45, 2.75) is 50.1 Å². The summed E-state index contributed by atoms with van der Waals surface area (Å²) in [5, 5.41) is 9.25. The third-order valence-electron chi connectivity index (χ3n) is 3.97. The smallest absolute Gasteiger partial charge is 0.337 e. The van der Waals surface area contributed by atoms with Crippen molar-refractivity contribution in [2.75, 3.05) is 5.73 Å². The molecule has 0 radical (unpaired) electrons. The third kappa shape index (κ3) is 2.75. The molecule has 2 unspecified atom stereocenters. The molecular weight excluding hydrogens is 292 g/mol. The van der Waals surface area contributed by atoms with Gasteiger partial charge in [0, 0.05) is 17.8 Å². The zero-order chi connectivity index (χ0) is 15.8. The summed E-state index contributed by atoms with van der Waals surface area (Å²) in [6, 6.07) is 3.69. The van der Waals surface area contributed by atoms with Crippen LogP contribution in [0, 0.1) is 0 Å². The number of sulfonamides is 1. The first kappa shape index (κ1) is 15.8. The zero-order valence-electron chi connectivity index (χ0n) is 12.1. The lowest BCUT2D eigenvalue weighted by Crippen LogP contribution is -2.40. The minimum atomic E-state index is -3.84. The molecule has 1 saturated heterocycles. The number of hydrogen-bond donors (Lipinski definition) is 2. The molecule has 6 nitrogen and oxygen atoms in total. The topological polar surface area (TPSA) is 101 Å². The van der Waals surface area contributed by atoms with E-state index in [9.17, 15) is 18.3 Å². The average Bonchev–Trinajstić information content (AvgIpc) is 2.80. The van der Waals surface area contributed by atoms with Gasteiger partial charge >= 0.3 is 5.97 Å². The van der Waals surface area contributed by atoms with Gasteiger partial charge < -0.3 is 10.8 Å². The van der Waals surface area contributed by atoms with E-state index in [1.807, 2.05) is 13.8 Å². The third-order valence-corrected chi connectivity index (χ3v) is 6.10. The number of anilines is 1. The Balaban J connectivity index is 2.57. The Labute approximate surface area is 124 Å². The van der Waals surface area contributed by atoms with E-state index >= 15 is 0 Å². The Hall–Kier alpha value is -1.60. The van der Waals surface area contributed by atoms with E-state index in [2.05, 4.69) is 0 Å². The number of aromatic carboxylic acids is 1. The van der Waals surface area contributed by atoms with Crippen LogP contribution in [0.2, 0.25) is 0 Å². The van der Waals surface area contributed by atoms with Crippen LogP contribution >= 0.6 is 0 Å². The fraction of sp³-hybridized carbons (Fsp3) is 0.500. The molecular formula is C14H20N2O4S. The van der Waals surface area contributed by atoms with Crippen LogP contribution in [0.3, 0.4) is 0 Å². The van der Waals surface area contributed by atoms with Crippen molar-refractivity contribution in [1.82, 2.24) is 4.31 Å². The van der Waals surface area contributed by atoms with Gasteiger partial charge in [-0.3, -0.25) is 0 Å². The number of nitrogens with zero attached hydrogens (tertiary/aromatic N) is 1. The van der Waals surface area contributed by atoms with Crippen molar-refractivity contribution in [3.63, 3.8) is 0 Å². The maximum atomic E-state index is 12.9. The molecule has 1 aliphatic rings. The summed E-state index contributed by atoms with van der Waals surface area (Å²) in [5.41, 5.74) is 5.53. The van der Waals surface area contributed by atoms with Crippen LogP contribution in [0.15, 0.2) is 23.1 Å². The Bertz CT molecular complexity index is 657. The number of rotatable bonds is 4. The van der Waals surface area contributed by atoms with E-state index < -0.39 is 16.0 Å². The predicted octanol–water partition coefficient (Wildman–Crippen LogP) is 1.92. The van der Waals surface area contributed by atoms with Gasteiger partial charge in [0.2, 0.25) is 10.0 Å². The predicted molar refractivity (Wildman–Crippen MR) is 79.6 cm³/mol. The van der Waals surface area contributed by atoms with Crippen LogP contribution in [0.1, 0.15) is 43.5 Å². The van der Waals surface area contributed by atoms with Crippen LogP contribution in [0.5, 0.6) is 0 Å². The fourth-order valence-electron chi connectivity index (χ4n) is 2.92. The average molecular weight is 312 g/mol. The molecule has 116 valence electrons. The lowest BCUT2D eigenvalue weighted by molar-refractivity contribution is 0.0692. The minimum Gasteiger partial charge on any atom is -0.478 e. The number of benzene rings is 1. The maximum absolute atomic E-state index is 12.9. The number of hydrogen-bond acceptors (Lipinski definition) is 4. The molecule has 0 spiro atoms. The van der Waals surface area contributed by atoms with Gasteiger partial charge in [-0.05, 0) is 44.4 Å². The molecule has 0 saturated carbocycles. The fourth-order valence-corrected chi connectivity index (χ4v) is 5.04. The maximum Gasteiger partial charge on any atom is 0.337 e. The monoisotopic (exact) mass is 312 g/mol. The van der Waals surface area contributed by atoms with Crippen molar-refractivity contribution in [1.29, 1.82) is 0 Å². The molecule has 1 aliphatic heterocycles. The van der Waals surface area contributed by atoms with Gasteiger partial charge in [-0.1, -0.05) is 6.92 Å². The van der Waals surface area contributed by atoms with Crippen LogP contribution in [0.4, 0.5) is 5.69 Å². The van der Waals surface area contributed by atoms with E-state index in [0.29, 0.717) is 6.42 Å². The Morgan fingerprint density at radius 2 is 2.10 bits per heavy atom. The summed E-state index contributed by atoms with van der Waals surface area (Å²) >= 11 is 0. The normalized spacial score (nSPS) is 23.3. The Morgan fingerprint density at radius 1 is 1.43 bits per heavy atom. The lowest BCUT2D eigenvalue weighted by Gasteiger charge is -2.27. The Kier molecular flexibility index (Phi) is 4.25. The number of carbonyl (C=O) groups is 1. The zero-order valence-corrected chi connectivity index (χ0v) is 12.9. The highest BCUT2D eigenvalue weighted by molar-refractivity contribution is 7.89. The second-order valence-electron chi connectivity index (χ2n) is 5.38. The first-order valence-electron chi connectivity index (χ1n) is 6.95. The number of nitrogen functional groups attached to an aromatic ring is 1. The molecule has 1 aromatic rings. The second kappa shape index (κ2) is 5.65. The molecule has 0 bridgehead atoms. The molecule has 3 N–H and O–H groups in total. The van der Waals surface area contributed by atoms with Crippen LogP contribution in [-0.2, 0) is 10.0 Å². The SMILES string of the molecule is CCC1CCC(C)N1S(=O)(=O)c1ccc(N)cc1C(=O)O. The highest BCUT2D eigenvalue weighted by Gasteiger charge is 2.40. The van der Waals surface area contributed by atoms with E-state index in [-0.39, 0.29) is 28.2 Å². The van der Waals surface area contributed by atoms with Crippen LogP contribution < -0.4 is 5.73 Å². The van der Waals surface area contributed by atoms with Gasteiger partial charge in [-0.2, -0.15) is 4.31 Å². The molecule has 7 heteroatoms. The summed E-state index contributed by atoms with van der Waals surface area (Å²) in [6.45, 7) is 3.79. The summed E-state index contributed by atoms with van der Waals surface area (Å²) in [7, 11) is -3.84. The molecule has 0 amide bonds. The molecule has 0 aliphatic carbocycles. The highest BCUT2D eigenvalue weighted by Crippen LogP contribution is 2.34. The quantitative estimate of drug-likeness (QED) is 0.827. The van der Waals surface area contributed by atoms with Gasteiger partial charge in [0.05, 0.1) is 10.5 Å².